The van der Waals surface area contributed by atoms with E-state index >= 15 is 0 Å². The molecule has 2 aromatic rings. The largest absolute Gasteiger partial charge is 0.335 e. The Labute approximate surface area is 199 Å². The van der Waals surface area contributed by atoms with E-state index in [0.717, 1.165) is 35.1 Å². The molecule has 0 saturated heterocycles. The predicted octanol–water partition coefficient (Wildman–Crippen LogP) is 6.26. The zero-order valence-corrected chi connectivity index (χ0v) is 21.1. The molecular weight excluding hydrogens is 408 g/mol. The highest BCUT2D eigenvalue weighted by Crippen LogP contribution is 2.32. The number of amides is 1. The standard InChI is InChI=1S/C28H40N4O/c1-7-8-13-26(33)32(27(20(2)3)28(4,5)6)19-21-14-16-22(17-15-21)23-11-9-10-12-24(23)25(29)18-31-30/h9-12,14-18,20,27,29H,7-8,13,19,30H2,1-6H3/b29-25?,31-18-/t27-/m0/s1. The molecule has 0 bridgehead atoms. The molecule has 0 aliphatic carbocycles. The molecular formula is C28H40N4O. The van der Waals surface area contributed by atoms with Gasteiger partial charge in [-0.25, -0.2) is 0 Å². The van der Waals surface area contributed by atoms with Gasteiger partial charge in [-0.3, -0.25) is 10.2 Å². The summed E-state index contributed by atoms with van der Waals surface area (Å²) in [6, 6.07) is 16.2. The molecule has 0 saturated carbocycles. The molecule has 5 heteroatoms. The first kappa shape index (κ1) is 26.3. The fourth-order valence-corrected chi connectivity index (χ4v) is 4.74. The maximum Gasteiger partial charge on any atom is 0.223 e. The van der Waals surface area contributed by atoms with Crippen LogP contribution in [0.15, 0.2) is 53.6 Å². The molecule has 1 amide bonds. The van der Waals surface area contributed by atoms with Crippen molar-refractivity contribution in [3.05, 3.63) is 59.7 Å². The highest BCUT2D eigenvalue weighted by molar-refractivity contribution is 6.38. The van der Waals surface area contributed by atoms with Crippen LogP contribution in [-0.4, -0.2) is 28.8 Å². The SMILES string of the molecule is CCCCC(=O)N(Cc1ccc(-c2ccccc2C(=N)/C=N\N)cc1)[C@@H](C(C)C)C(C)(C)C. The van der Waals surface area contributed by atoms with E-state index < -0.39 is 0 Å². The molecule has 0 heterocycles. The molecule has 0 unspecified atom stereocenters. The van der Waals surface area contributed by atoms with E-state index in [4.69, 9.17) is 11.3 Å². The van der Waals surface area contributed by atoms with Gasteiger partial charge < -0.3 is 10.7 Å². The van der Waals surface area contributed by atoms with Crippen LogP contribution in [0.5, 0.6) is 0 Å². The molecule has 0 aliphatic rings. The lowest BCUT2D eigenvalue weighted by molar-refractivity contribution is -0.138. The first-order valence-electron chi connectivity index (χ1n) is 11.9. The first-order chi connectivity index (χ1) is 15.6. The molecule has 2 rings (SSSR count). The molecule has 0 aliphatic heterocycles. The maximum absolute atomic E-state index is 13.2. The molecule has 0 fully saturated rings. The Bertz CT molecular complexity index is 955. The third kappa shape index (κ3) is 7.01. The van der Waals surface area contributed by atoms with Crippen molar-refractivity contribution in [2.45, 2.75) is 73.4 Å². The fourth-order valence-electron chi connectivity index (χ4n) is 4.74. The second-order valence-corrected chi connectivity index (χ2v) is 10.1. The van der Waals surface area contributed by atoms with Gasteiger partial charge in [-0.1, -0.05) is 96.5 Å². The average Bonchev–Trinajstić information content (AvgIpc) is 2.76. The molecule has 0 aromatic heterocycles. The van der Waals surface area contributed by atoms with Crippen molar-refractivity contribution < 1.29 is 4.79 Å². The van der Waals surface area contributed by atoms with Gasteiger partial charge >= 0.3 is 0 Å². The summed E-state index contributed by atoms with van der Waals surface area (Å²) in [7, 11) is 0. The normalized spacial score (nSPS) is 12.8. The summed E-state index contributed by atoms with van der Waals surface area (Å²) >= 11 is 0. The Hall–Kier alpha value is -2.95. The van der Waals surface area contributed by atoms with Gasteiger partial charge in [-0.05, 0) is 34.4 Å². The van der Waals surface area contributed by atoms with Gasteiger partial charge in [0.05, 0.1) is 11.9 Å². The van der Waals surface area contributed by atoms with Crippen molar-refractivity contribution >= 4 is 17.8 Å². The van der Waals surface area contributed by atoms with Crippen molar-refractivity contribution in [1.82, 2.24) is 4.90 Å². The van der Waals surface area contributed by atoms with Crippen molar-refractivity contribution in [3.8, 4) is 11.1 Å². The zero-order valence-electron chi connectivity index (χ0n) is 21.1. The van der Waals surface area contributed by atoms with Crippen LogP contribution in [0.2, 0.25) is 0 Å². The molecule has 0 spiro atoms. The lowest BCUT2D eigenvalue weighted by Crippen LogP contribution is -2.49. The van der Waals surface area contributed by atoms with Crippen LogP contribution in [0, 0.1) is 16.7 Å². The summed E-state index contributed by atoms with van der Waals surface area (Å²) in [5.74, 6) is 5.84. The minimum atomic E-state index is -0.0141. The Morgan fingerprint density at radius 3 is 2.30 bits per heavy atom. The van der Waals surface area contributed by atoms with Crippen LogP contribution < -0.4 is 5.84 Å². The van der Waals surface area contributed by atoms with Gasteiger partial charge in [0.25, 0.3) is 0 Å². The Morgan fingerprint density at radius 1 is 1.12 bits per heavy atom. The second kappa shape index (κ2) is 11.8. The van der Waals surface area contributed by atoms with Gasteiger partial charge in [0, 0.05) is 24.6 Å². The second-order valence-electron chi connectivity index (χ2n) is 10.1. The van der Waals surface area contributed by atoms with Crippen LogP contribution in [-0.2, 0) is 11.3 Å². The number of unbranched alkanes of at least 4 members (excludes halogenated alkanes) is 1. The maximum atomic E-state index is 13.2. The van der Waals surface area contributed by atoms with Crippen molar-refractivity contribution in [2.75, 3.05) is 0 Å². The first-order valence-corrected chi connectivity index (χ1v) is 11.9. The molecule has 1 atom stereocenters. The van der Waals surface area contributed by atoms with Gasteiger partial charge in [0.1, 0.15) is 0 Å². The smallest absolute Gasteiger partial charge is 0.223 e. The molecule has 178 valence electrons. The number of carbonyl (C=O) groups is 1. The number of nitrogens with two attached hydrogens (primary N) is 1. The number of nitrogens with zero attached hydrogens (tertiary/aromatic N) is 2. The summed E-state index contributed by atoms with van der Waals surface area (Å²) in [6.07, 6.45) is 3.87. The van der Waals surface area contributed by atoms with E-state index in [9.17, 15) is 4.79 Å². The Morgan fingerprint density at radius 2 is 1.76 bits per heavy atom. The minimum Gasteiger partial charge on any atom is -0.335 e. The van der Waals surface area contributed by atoms with E-state index in [1.165, 1.54) is 6.21 Å². The highest BCUT2D eigenvalue weighted by atomic mass is 16.2. The number of benzene rings is 2. The highest BCUT2D eigenvalue weighted by Gasteiger charge is 2.35. The van der Waals surface area contributed by atoms with Crippen molar-refractivity contribution in [2.24, 2.45) is 22.3 Å². The van der Waals surface area contributed by atoms with Crippen molar-refractivity contribution in [1.29, 1.82) is 5.41 Å². The van der Waals surface area contributed by atoms with Crippen LogP contribution in [0.25, 0.3) is 11.1 Å². The lowest BCUT2D eigenvalue weighted by atomic mass is 9.78. The third-order valence-electron chi connectivity index (χ3n) is 5.96. The Kier molecular flexibility index (Phi) is 9.39. The van der Waals surface area contributed by atoms with E-state index in [-0.39, 0.29) is 23.1 Å². The number of nitrogens with one attached hydrogen (secondary N) is 1. The van der Waals surface area contributed by atoms with E-state index in [0.29, 0.717) is 18.9 Å². The van der Waals surface area contributed by atoms with Gasteiger partial charge in [-0.15, -0.1) is 0 Å². The van der Waals surface area contributed by atoms with Crippen LogP contribution >= 0.6 is 0 Å². The molecule has 3 N–H and O–H groups in total. The van der Waals surface area contributed by atoms with E-state index in [2.05, 4.69) is 75.8 Å². The monoisotopic (exact) mass is 448 g/mol. The molecule has 2 aromatic carbocycles. The summed E-state index contributed by atoms with van der Waals surface area (Å²) in [4.78, 5) is 15.3. The summed E-state index contributed by atoms with van der Waals surface area (Å²) in [5.41, 5.74) is 4.12. The fraction of sp³-hybridized carbons (Fsp3) is 0.464. The Balaban J connectivity index is 2.37. The number of hydrazone groups is 1. The van der Waals surface area contributed by atoms with E-state index in [1.54, 1.807) is 0 Å². The van der Waals surface area contributed by atoms with Crippen LogP contribution in [0.4, 0.5) is 0 Å². The van der Waals surface area contributed by atoms with Crippen LogP contribution in [0.3, 0.4) is 0 Å². The topological polar surface area (TPSA) is 82.5 Å². The van der Waals surface area contributed by atoms with Gasteiger partial charge in [0.15, 0.2) is 0 Å². The van der Waals surface area contributed by atoms with Gasteiger partial charge in [-0.2, -0.15) is 5.10 Å². The number of carbonyl (C=O) groups excluding carboxylic acids is 1. The lowest BCUT2D eigenvalue weighted by Gasteiger charge is -2.43. The summed E-state index contributed by atoms with van der Waals surface area (Å²) in [6.45, 7) is 13.8. The summed E-state index contributed by atoms with van der Waals surface area (Å²) in [5, 5.41) is 11.7. The predicted molar refractivity (Wildman–Crippen MR) is 140 cm³/mol. The number of hydrogen-bond acceptors (Lipinski definition) is 4. The molecule has 33 heavy (non-hydrogen) atoms. The van der Waals surface area contributed by atoms with E-state index in [1.807, 2.05) is 24.3 Å². The quantitative estimate of drug-likeness (QED) is 0.256. The van der Waals surface area contributed by atoms with Gasteiger partial charge in [0.2, 0.25) is 5.91 Å². The number of rotatable bonds is 10. The third-order valence-corrected chi connectivity index (χ3v) is 5.96. The van der Waals surface area contributed by atoms with Crippen LogP contribution in [0.1, 0.15) is 71.9 Å². The minimum absolute atomic E-state index is 0.0141. The molecule has 5 nitrogen and oxygen atoms in total. The van der Waals surface area contributed by atoms with Crippen molar-refractivity contribution in [3.63, 3.8) is 0 Å². The molecule has 0 radical (unpaired) electrons. The number of hydrogen-bond donors (Lipinski definition) is 2. The average molecular weight is 449 g/mol. The zero-order chi connectivity index (χ0) is 24.6. The summed E-state index contributed by atoms with van der Waals surface area (Å²) < 4.78 is 0.